The Labute approximate surface area is 131 Å². The van der Waals surface area contributed by atoms with E-state index in [1.807, 2.05) is 4.90 Å². The van der Waals surface area contributed by atoms with Crippen molar-refractivity contribution in [1.29, 1.82) is 0 Å². The molecule has 112 valence electrons. The Morgan fingerprint density at radius 3 is 2.29 bits per heavy atom. The molecule has 3 rings (SSSR count). The van der Waals surface area contributed by atoms with Gasteiger partial charge in [0.2, 0.25) is 5.91 Å². The van der Waals surface area contributed by atoms with Gasteiger partial charge in [-0.2, -0.15) is 0 Å². The van der Waals surface area contributed by atoms with Gasteiger partial charge in [-0.05, 0) is 31.0 Å². The number of rotatable bonds is 2. The zero-order valence-electron chi connectivity index (χ0n) is 11.5. The van der Waals surface area contributed by atoms with Gasteiger partial charge in [0, 0.05) is 36.6 Å². The summed E-state index contributed by atoms with van der Waals surface area (Å²) in [6.45, 7) is 2.01. The van der Waals surface area contributed by atoms with Crippen molar-refractivity contribution in [2.24, 2.45) is 5.92 Å². The Kier molecular flexibility index (Phi) is 3.97. The van der Waals surface area contributed by atoms with Crippen LogP contribution in [0.1, 0.15) is 23.2 Å². The van der Waals surface area contributed by atoms with E-state index in [1.165, 1.54) is 12.1 Å². The number of benzene rings is 1. The lowest BCUT2D eigenvalue weighted by Crippen LogP contribution is -2.51. The first-order valence-corrected chi connectivity index (χ1v) is 7.88. The van der Waals surface area contributed by atoms with Crippen LogP contribution in [0.3, 0.4) is 0 Å². The van der Waals surface area contributed by atoms with E-state index in [-0.39, 0.29) is 23.3 Å². The molecule has 2 aliphatic rings. The molecule has 1 aliphatic carbocycles. The fraction of sp³-hybridized carbons (Fsp3) is 0.467. The van der Waals surface area contributed by atoms with E-state index < -0.39 is 5.82 Å². The molecule has 1 saturated heterocycles. The Morgan fingerprint density at radius 2 is 1.71 bits per heavy atom. The molecule has 0 atom stereocenters. The maximum Gasteiger partial charge on any atom is 0.256 e. The molecule has 0 bridgehead atoms. The van der Waals surface area contributed by atoms with Crippen LogP contribution in [0.15, 0.2) is 22.7 Å². The number of halogens is 2. The van der Waals surface area contributed by atoms with E-state index in [0.29, 0.717) is 30.7 Å². The molecule has 0 spiro atoms. The summed E-state index contributed by atoms with van der Waals surface area (Å²) in [5, 5.41) is 0. The van der Waals surface area contributed by atoms with Crippen LogP contribution in [0.2, 0.25) is 0 Å². The normalized spacial score (nSPS) is 18.8. The van der Waals surface area contributed by atoms with Gasteiger partial charge in [-0.3, -0.25) is 9.59 Å². The Bertz CT molecular complexity index is 581. The first-order valence-electron chi connectivity index (χ1n) is 7.09. The summed E-state index contributed by atoms with van der Waals surface area (Å²) in [5.41, 5.74) is 0.0835. The second kappa shape index (κ2) is 5.75. The largest absolute Gasteiger partial charge is 0.339 e. The molecule has 0 unspecified atom stereocenters. The summed E-state index contributed by atoms with van der Waals surface area (Å²) in [5.74, 6) is -0.419. The predicted molar refractivity (Wildman–Crippen MR) is 79.3 cm³/mol. The Hall–Kier alpha value is -1.43. The lowest BCUT2D eigenvalue weighted by molar-refractivity contribution is -0.134. The summed E-state index contributed by atoms with van der Waals surface area (Å²) in [6.07, 6.45) is 1.98. The standard InChI is InChI=1S/C15H16BrFN2O2/c16-11-3-4-12(13(17)9-11)15(21)19-7-5-18(6-8-19)14(20)10-1-2-10/h3-4,9-10H,1-2,5-8H2. The number of carbonyl (C=O) groups excluding carboxylic acids is 2. The number of carbonyl (C=O) groups is 2. The summed E-state index contributed by atoms with van der Waals surface area (Å²) < 4.78 is 14.4. The third kappa shape index (κ3) is 3.10. The molecular formula is C15H16BrFN2O2. The second-order valence-corrected chi connectivity index (χ2v) is 6.43. The van der Waals surface area contributed by atoms with Crippen molar-refractivity contribution in [1.82, 2.24) is 9.80 Å². The maximum atomic E-state index is 13.8. The summed E-state index contributed by atoms with van der Waals surface area (Å²) in [6, 6.07) is 4.44. The summed E-state index contributed by atoms with van der Waals surface area (Å²) >= 11 is 3.18. The highest BCUT2D eigenvalue weighted by molar-refractivity contribution is 9.10. The minimum atomic E-state index is -0.522. The highest BCUT2D eigenvalue weighted by Crippen LogP contribution is 2.31. The molecule has 0 aromatic heterocycles. The van der Waals surface area contributed by atoms with Crippen molar-refractivity contribution in [3.63, 3.8) is 0 Å². The highest BCUT2D eigenvalue weighted by atomic mass is 79.9. The van der Waals surface area contributed by atoms with Crippen LogP contribution in [0.4, 0.5) is 4.39 Å². The van der Waals surface area contributed by atoms with E-state index in [4.69, 9.17) is 0 Å². The smallest absolute Gasteiger partial charge is 0.256 e. The predicted octanol–water partition coefficient (Wildman–Crippen LogP) is 2.28. The van der Waals surface area contributed by atoms with Gasteiger partial charge >= 0.3 is 0 Å². The van der Waals surface area contributed by atoms with Gasteiger partial charge in [-0.15, -0.1) is 0 Å². The van der Waals surface area contributed by atoms with E-state index >= 15 is 0 Å². The van der Waals surface area contributed by atoms with Crippen LogP contribution in [0.25, 0.3) is 0 Å². The molecule has 0 N–H and O–H groups in total. The van der Waals surface area contributed by atoms with Crippen LogP contribution in [0, 0.1) is 11.7 Å². The van der Waals surface area contributed by atoms with Crippen LogP contribution in [0.5, 0.6) is 0 Å². The molecule has 6 heteroatoms. The number of piperazine rings is 1. The monoisotopic (exact) mass is 354 g/mol. The lowest BCUT2D eigenvalue weighted by Gasteiger charge is -2.35. The molecule has 1 aromatic carbocycles. The van der Waals surface area contributed by atoms with Gasteiger partial charge in [-0.25, -0.2) is 4.39 Å². The molecule has 1 heterocycles. The van der Waals surface area contributed by atoms with E-state index in [9.17, 15) is 14.0 Å². The minimum Gasteiger partial charge on any atom is -0.339 e. The van der Waals surface area contributed by atoms with E-state index in [2.05, 4.69) is 15.9 Å². The van der Waals surface area contributed by atoms with Crippen molar-refractivity contribution >= 4 is 27.7 Å². The molecule has 1 aromatic rings. The highest BCUT2D eigenvalue weighted by Gasteiger charge is 2.35. The maximum absolute atomic E-state index is 13.8. The molecule has 2 amide bonds. The zero-order chi connectivity index (χ0) is 15.0. The molecule has 0 radical (unpaired) electrons. The minimum absolute atomic E-state index is 0.0835. The van der Waals surface area contributed by atoms with Gasteiger partial charge in [0.25, 0.3) is 5.91 Å². The Morgan fingerprint density at radius 1 is 1.10 bits per heavy atom. The van der Waals surface area contributed by atoms with Crippen molar-refractivity contribution in [3.05, 3.63) is 34.1 Å². The molecule has 1 aliphatic heterocycles. The lowest BCUT2D eigenvalue weighted by atomic mass is 10.1. The van der Waals surface area contributed by atoms with Crippen molar-refractivity contribution in [3.8, 4) is 0 Å². The van der Waals surface area contributed by atoms with E-state index in [1.54, 1.807) is 11.0 Å². The second-order valence-electron chi connectivity index (χ2n) is 5.52. The average molecular weight is 355 g/mol. The average Bonchev–Trinajstić information content (AvgIpc) is 3.31. The van der Waals surface area contributed by atoms with Gasteiger partial charge in [-0.1, -0.05) is 15.9 Å². The number of hydrogen-bond donors (Lipinski definition) is 0. The fourth-order valence-corrected chi connectivity index (χ4v) is 2.88. The number of nitrogens with zero attached hydrogens (tertiary/aromatic N) is 2. The summed E-state index contributed by atoms with van der Waals surface area (Å²) in [4.78, 5) is 27.7. The van der Waals surface area contributed by atoms with Gasteiger partial charge in [0.15, 0.2) is 0 Å². The quantitative estimate of drug-likeness (QED) is 0.817. The van der Waals surface area contributed by atoms with Crippen LogP contribution >= 0.6 is 15.9 Å². The Balaban J connectivity index is 1.63. The molecule has 4 nitrogen and oxygen atoms in total. The van der Waals surface area contributed by atoms with Crippen LogP contribution in [-0.2, 0) is 4.79 Å². The first kappa shape index (κ1) is 14.5. The number of hydrogen-bond acceptors (Lipinski definition) is 2. The van der Waals surface area contributed by atoms with E-state index in [0.717, 1.165) is 12.8 Å². The van der Waals surface area contributed by atoms with Crippen LogP contribution < -0.4 is 0 Å². The summed E-state index contributed by atoms with van der Waals surface area (Å²) in [7, 11) is 0. The topological polar surface area (TPSA) is 40.6 Å². The van der Waals surface area contributed by atoms with Crippen molar-refractivity contribution in [2.45, 2.75) is 12.8 Å². The first-order chi connectivity index (χ1) is 10.1. The van der Waals surface area contributed by atoms with Gasteiger partial charge in [0.1, 0.15) is 5.82 Å². The SMILES string of the molecule is O=C(c1ccc(Br)cc1F)N1CCN(C(=O)C2CC2)CC1. The van der Waals surface area contributed by atoms with Crippen molar-refractivity contribution < 1.29 is 14.0 Å². The van der Waals surface area contributed by atoms with Crippen LogP contribution in [-0.4, -0.2) is 47.8 Å². The third-order valence-corrected chi connectivity index (χ3v) is 4.46. The fourth-order valence-electron chi connectivity index (χ4n) is 2.55. The zero-order valence-corrected chi connectivity index (χ0v) is 13.1. The van der Waals surface area contributed by atoms with Crippen molar-refractivity contribution in [2.75, 3.05) is 26.2 Å². The molecular weight excluding hydrogens is 339 g/mol. The van der Waals surface area contributed by atoms with Gasteiger partial charge in [0.05, 0.1) is 5.56 Å². The molecule has 1 saturated carbocycles. The molecule has 2 fully saturated rings. The third-order valence-electron chi connectivity index (χ3n) is 3.97. The molecule has 21 heavy (non-hydrogen) atoms. The number of amides is 2. The van der Waals surface area contributed by atoms with Gasteiger partial charge < -0.3 is 9.80 Å².